The average Bonchev–Trinajstić information content (AvgIpc) is 2.69. The first-order valence-corrected chi connectivity index (χ1v) is 9.03. The van der Waals surface area contributed by atoms with Crippen LogP contribution in [0.3, 0.4) is 0 Å². The number of ether oxygens (including phenoxy) is 2. The van der Waals surface area contributed by atoms with Crippen molar-refractivity contribution in [2.24, 2.45) is 5.92 Å². The van der Waals surface area contributed by atoms with Crippen molar-refractivity contribution in [2.75, 3.05) is 14.2 Å². The van der Waals surface area contributed by atoms with Gasteiger partial charge in [-0.15, -0.1) is 0 Å². The highest BCUT2D eigenvalue weighted by Gasteiger charge is 2.16. The number of rotatable bonds is 6. The smallest absolute Gasteiger partial charge is 0.267 e. The van der Waals surface area contributed by atoms with Crippen molar-refractivity contribution in [3.8, 4) is 33.9 Å². The number of halogens is 1. The van der Waals surface area contributed by atoms with Gasteiger partial charge >= 0.3 is 0 Å². The lowest BCUT2D eigenvalue weighted by molar-refractivity contribution is 0.386. The van der Waals surface area contributed by atoms with Crippen LogP contribution in [0.5, 0.6) is 11.5 Å². The Balaban J connectivity index is 2.21. The highest BCUT2D eigenvalue weighted by Crippen LogP contribution is 2.32. The van der Waals surface area contributed by atoms with E-state index in [1.807, 2.05) is 38.1 Å². The number of methoxy groups -OCH3 is 2. The quantitative estimate of drug-likeness (QED) is 0.634. The maximum Gasteiger partial charge on any atom is 0.267 e. The predicted octanol–water partition coefficient (Wildman–Crippen LogP) is 4.39. The molecule has 0 aliphatic rings. The number of nitrogens with zero attached hydrogens (tertiary/aromatic N) is 2. The molecular formula is C22H23FN2O3. The van der Waals surface area contributed by atoms with Gasteiger partial charge in [-0.1, -0.05) is 26.0 Å². The molecule has 6 heteroatoms. The fourth-order valence-electron chi connectivity index (χ4n) is 2.98. The van der Waals surface area contributed by atoms with Gasteiger partial charge in [0.2, 0.25) is 0 Å². The van der Waals surface area contributed by atoms with Crippen LogP contribution < -0.4 is 15.0 Å². The van der Waals surface area contributed by atoms with Crippen molar-refractivity contribution < 1.29 is 13.9 Å². The molecule has 0 N–H and O–H groups in total. The molecule has 3 aromatic rings. The van der Waals surface area contributed by atoms with E-state index >= 15 is 0 Å². The molecule has 0 aliphatic carbocycles. The second kappa shape index (κ2) is 8.25. The fraction of sp³-hybridized carbons (Fsp3) is 0.273. The van der Waals surface area contributed by atoms with Gasteiger partial charge in [-0.2, -0.15) is 5.10 Å². The molecule has 0 unspecified atom stereocenters. The standard InChI is InChI=1S/C22H23FN2O3/c1-14(2)13-25-21(26)12-18(15-5-8-17(27-3)9-6-15)22(24-25)16-7-10-20(28-4)19(23)11-16/h5-12,14H,13H2,1-4H3. The first-order chi connectivity index (χ1) is 13.4. The molecule has 0 atom stereocenters. The van der Waals surface area contributed by atoms with Crippen LogP contribution in [0, 0.1) is 11.7 Å². The molecule has 0 spiro atoms. The maximum absolute atomic E-state index is 14.3. The molecule has 1 aromatic heterocycles. The lowest BCUT2D eigenvalue weighted by Gasteiger charge is -2.15. The minimum atomic E-state index is -0.482. The van der Waals surface area contributed by atoms with Gasteiger partial charge in [-0.3, -0.25) is 4.79 Å². The molecule has 1 heterocycles. The second-order valence-corrected chi connectivity index (χ2v) is 6.90. The molecule has 146 valence electrons. The van der Waals surface area contributed by atoms with Crippen LogP contribution in [0.1, 0.15) is 13.8 Å². The first-order valence-electron chi connectivity index (χ1n) is 9.03. The van der Waals surface area contributed by atoms with E-state index < -0.39 is 5.82 Å². The van der Waals surface area contributed by atoms with Crippen LogP contribution in [0.25, 0.3) is 22.4 Å². The van der Waals surface area contributed by atoms with Gasteiger partial charge in [0.05, 0.1) is 19.9 Å². The zero-order chi connectivity index (χ0) is 20.3. The number of hydrogen-bond acceptors (Lipinski definition) is 4. The minimum absolute atomic E-state index is 0.158. The fourth-order valence-corrected chi connectivity index (χ4v) is 2.98. The summed E-state index contributed by atoms with van der Waals surface area (Å²) < 4.78 is 26.0. The van der Waals surface area contributed by atoms with Crippen LogP contribution >= 0.6 is 0 Å². The third-order valence-corrected chi connectivity index (χ3v) is 4.36. The number of aromatic nitrogens is 2. The topological polar surface area (TPSA) is 53.4 Å². The number of benzene rings is 2. The van der Waals surface area contributed by atoms with Crippen LogP contribution in [-0.4, -0.2) is 24.0 Å². The molecule has 0 saturated heterocycles. The van der Waals surface area contributed by atoms with Crippen molar-refractivity contribution >= 4 is 0 Å². The molecular weight excluding hydrogens is 359 g/mol. The number of hydrogen-bond donors (Lipinski definition) is 0. The Morgan fingerprint density at radius 3 is 2.25 bits per heavy atom. The lowest BCUT2D eigenvalue weighted by atomic mass is 9.99. The van der Waals surface area contributed by atoms with Gasteiger partial charge in [-0.25, -0.2) is 9.07 Å². The Labute approximate surface area is 163 Å². The van der Waals surface area contributed by atoms with Gasteiger partial charge in [0.15, 0.2) is 11.6 Å². The molecule has 28 heavy (non-hydrogen) atoms. The van der Waals surface area contributed by atoms with E-state index in [2.05, 4.69) is 5.10 Å². The van der Waals surface area contributed by atoms with Crippen molar-refractivity contribution in [2.45, 2.75) is 20.4 Å². The van der Waals surface area contributed by atoms with Gasteiger partial charge in [0, 0.05) is 23.7 Å². The summed E-state index contributed by atoms with van der Waals surface area (Å²) in [7, 11) is 3.01. The summed E-state index contributed by atoms with van der Waals surface area (Å²) in [6, 6.07) is 13.5. The molecule has 0 aliphatic heterocycles. The summed E-state index contributed by atoms with van der Waals surface area (Å²) in [4.78, 5) is 12.6. The van der Waals surface area contributed by atoms with E-state index in [0.717, 1.165) is 5.56 Å². The highest BCUT2D eigenvalue weighted by molar-refractivity contribution is 5.80. The summed E-state index contributed by atoms with van der Waals surface area (Å²) in [5, 5.41) is 4.56. The third-order valence-electron chi connectivity index (χ3n) is 4.36. The van der Waals surface area contributed by atoms with Gasteiger partial charge in [-0.05, 0) is 41.8 Å². The molecule has 0 saturated carbocycles. The molecule has 0 amide bonds. The molecule has 0 bridgehead atoms. The average molecular weight is 382 g/mol. The third kappa shape index (κ3) is 4.06. The molecule has 0 fully saturated rings. The van der Waals surface area contributed by atoms with Crippen LogP contribution in [0.2, 0.25) is 0 Å². The summed E-state index contributed by atoms with van der Waals surface area (Å²) in [6.07, 6.45) is 0. The van der Waals surface area contributed by atoms with E-state index in [1.54, 1.807) is 25.3 Å². The van der Waals surface area contributed by atoms with Gasteiger partial charge < -0.3 is 9.47 Å². The summed E-state index contributed by atoms with van der Waals surface area (Å²) in [5.41, 5.74) is 2.34. The van der Waals surface area contributed by atoms with Crippen molar-refractivity contribution in [3.05, 3.63) is 64.7 Å². The summed E-state index contributed by atoms with van der Waals surface area (Å²) in [6.45, 7) is 4.50. The Kier molecular flexibility index (Phi) is 5.78. The molecule has 3 rings (SSSR count). The highest BCUT2D eigenvalue weighted by atomic mass is 19.1. The van der Waals surface area contributed by atoms with Crippen molar-refractivity contribution in [1.29, 1.82) is 0 Å². The lowest BCUT2D eigenvalue weighted by Crippen LogP contribution is -2.25. The SMILES string of the molecule is COc1ccc(-c2cc(=O)n(CC(C)C)nc2-c2ccc(OC)c(F)c2)cc1. The Morgan fingerprint density at radius 2 is 1.68 bits per heavy atom. The summed E-state index contributed by atoms with van der Waals surface area (Å²) in [5.74, 6) is 0.633. The van der Waals surface area contributed by atoms with Gasteiger partial charge in [0.1, 0.15) is 5.75 Å². The van der Waals surface area contributed by atoms with Crippen LogP contribution in [0.4, 0.5) is 4.39 Å². The van der Waals surface area contributed by atoms with E-state index in [1.165, 1.54) is 17.9 Å². The monoisotopic (exact) mass is 382 g/mol. The van der Waals surface area contributed by atoms with E-state index in [0.29, 0.717) is 29.1 Å². The Morgan fingerprint density at radius 1 is 1.00 bits per heavy atom. The minimum Gasteiger partial charge on any atom is -0.497 e. The summed E-state index contributed by atoms with van der Waals surface area (Å²) >= 11 is 0. The van der Waals surface area contributed by atoms with Crippen LogP contribution in [0.15, 0.2) is 53.3 Å². The molecule has 2 aromatic carbocycles. The zero-order valence-electron chi connectivity index (χ0n) is 16.4. The first kappa shape index (κ1) is 19.6. The van der Waals surface area contributed by atoms with E-state index in [9.17, 15) is 9.18 Å². The van der Waals surface area contributed by atoms with E-state index in [-0.39, 0.29) is 17.2 Å². The maximum atomic E-state index is 14.3. The Hall–Kier alpha value is -3.15. The Bertz CT molecular complexity index is 1030. The van der Waals surface area contributed by atoms with E-state index in [4.69, 9.17) is 9.47 Å². The van der Waals surface area contributed by atoms with Gasteiger partial charge in [0.25, 0.3) is 5.56 Å². The van der Waals surface area contributed by atoms with Crippen LogP contribution in [-0.2, 0) is 6.54 Å². The van der Waals surface area contributed by atoms with Crippen molar-refractivity contribution in [1.82, 2.24) is 9.78 Å². The largest absolute Gasteiger partial charge is 0.497 e. The predicted molar refractivity (Wildman–Crippen MR) is 107 cm³/mol. The van der Waals surface area contributed by atoms with Crippen molar-refractivity contribution in [3.63, 3.8) is 0 Å². The normalized spacial score (nSPS) is 10.9. The molecule has 0 radical (unpaired) electrons. The zero-order valence-corrected chi connectivity index (χ0v) is 16.4. The molecule has 5 nitrogen and oxygen atoms in total. The second-order valence-electron chi connectivity index (χ2n) is 6.90.